The summed E-state index contributed by atoms with van der Waals surface area (Å²) in [5.41, 5.74) is 4.09. The first-order valence-electron chi connectivity index (χ1n) is 8.86. The minimum Gasteiger partial charge on any atom is -0.392 e. The molecular weight excluding hydrogens is 401 g/mol. The van der Waals surface area contributed by atoms with E-state index in [1.54, 1.807) is 35.8 Å². The number of nitrogens with one attached hydrogen (secondary N) is 1. The molecule has 1 aliphatic rings. The van der Waals surface area contributed by atoms with E-state index in [9.17, 15) is 17.9 Å². The normalized spacial score (nSPS) is 19.9. The molecular formula is C19H22FN3O5S. The van der Waals surface area contributed by atoms with Gasteiger partial charge in [0.2, 0.25) is 0 Å². The van der Waals surface area contributed by atoms with Crippen LogP contribution in [-0.4, -0.2) is 52.8 Å². The van der Waals surface area contributed by atoms with Crippen molar-refractivity contribution in [2.45, 2.75) is 36.8 Å². The molecule has 29 heavy (non-hydrogen) atoms. The number of rotatable bonds is 7. The Morgan fingerprint density at radius 3 is 2.55 bits per heavy atom. The number of hydroxylamine groups is 1. The summed E-state index contributed by atoms with van der Waals surface area (Å²) in [4.78, 5) is 9.11. The van der Waals surface area contributed by atoms with Crippen LogP contribution in [0.2, 0.25) is 0 Å². The zero-order valence-electron chi connectivity index (χ0n) is 15.9. The third-order valence-corrected chi connectivity index (χ3v) is 7.30. The topological polar surface area (TPSA) is 121 Å². The van der Waals surface area contributed by atoms with Crippen molar-refractivity contribution in [3.05, 3.63) is 54.1 Å². The summed E-state index contributed by atoms with van der Waals surface area (Å²) in [6.45, 7) is 1.33. The van der Waals surface area contributed by atoms with Gasteiger partial charge < -0.3 is 15.2 Å². The highest BCUT2D eigenvalue weighted by Gasteiger charge is 2.46. The average molecular weight is 423 g/mol. The van der Waals surface area contributed by atoms with E-state index in [-0.39, 0.29) is 6.42 Å². The van der Waals surface area contributed by atoms with Crippen LogP contribution in [0.25, 0.3) is 11.1 Å². The fourth-order valence-corrected chi connectivity index (χ4v) is 4.16. The number of halogens is 1. The SMILES string of the molecule is C[C@@](C[C@H]1CC(c2ccc(-c3ccncc3F)cc2)=NO1)(C(O)NO)S(C)(=O)=O. The van der Waals surface area contributed by atoms with E-state index in [2.05, 4.69) is 10.1 Å². The Hall–Kier alpha value is -2.40. The number of nitrogens with zero attached hydrogens (tertiary/aromatic N) is 2. The molecule has 0 aliphatic carbocycles. The van der Waals surface area contributed by atoms with Gasteiger partial charge >= 0.3 is 0 Å². The number of aromatic nitrogens is 1. The van der Waals surface area contributed by atoms with Crippen molar-refractivity contribution in [1.29, 1.82) is 0 Å². The van der Waals surface area contributed by atoms with Crippen molar-refractivity contribution in [3.63, 3.8) is 0 Å². The molecule has 3 rings (SSSR count). The third kappa shape index (κ3) is 4.30. The van der Waals surface area contributed by atoms with Gasteiger partial charge in [0.05, 0.1) is 11.9 Å². The molecule has 1 unspecified atom stereocenters. The summed E-state index contributed by atoms with van der Waals surface area (Å²) in [5.74, 6) is -0.419. The Morgan fingerprint density at radius 1 is 1.31 bits per heavy atom. The van der Waals surface area contributed by atoms with E-state index in [1.165, 1.54) is 13.1 Å². The number of hydrogen-bond donors (Lipinski definition) is 3. The van der Waals surface area contributed by atoms with Crippen LogP contribution in [0.1, 0.15) is 25.3 Å². The van der Waals surface area contributed by atoms with Crippen LogP contribution in [-0.2, 0) is 14.7 Å². The van der Waals surface area contributed by atoms with Crippen LogP contribution in [0.5, 0.6) is 0 Å². The van der Waals surface area contributed by atoms with Gasteiger partial charge in [-0.1, -0.05) is 29.4 Å². The number of hydrogen-bond acceptors (Lipinski definition) is 8. The average Bonchev–Trinajstić information content (AvgIpc) is 3.15. The van der Waals surface area contributed by atoms with Crippen molar-refractivity contribution in [2.75, 3.05) is 6.26 Å². The van der Waals surface area contributed by atoms with Gasteiger partial charge in [-0.25, -0.2) is 12.8 Å². The van der Waals surface area contributed by atoms with E-state index >= 15 is 0 Å². The summed E-state index contributed by atoms with van der Waals surface area (Å²) in [5, 5.41) is 23.0. The largest absolute Gasteiger partial charge is 0.392 e. The monoisotopic (exact) mass is 423 g/mol. The maximum atomic E-state index is 13.9. The van der Waals surface area contributed by atoms with Gasteiger partial charge in [-0.05, 0) is 24.1 Å². The molecule has 0 saturated heterocycles. The fraction of sp³-hybridized carbons (Fsp3) is 0.368. The van der Waals surface area contributed by atoms with Crippen molar-refractivity contribution in [1.82, 2.24) is 10.5 Å². The van der Waals surface area contributed by atoms with E-state index in [0.29, 0.717) is 23.3 Å². The molecule has 0 saturated carbocycles. The molecule has 2 aromatic rings. The standard InChI is InChI=1S/C19H22FN3O5S/c1-19(18(24)22-25,29(2,26)27)10-14-9-17(23-28-14)13-5-3-12(4-6-13)15-7-8-21-11-16(15)20/h3-8,11,14,18,22,24-25H,9-10H2,1-2H3/t14-,18?,19-/m1/s1. The first-order valence-corrected chi connectivity index (χ1v) is 10.7. The van der Waals surface area contributed by atoms with Gasteiger partial charge in [-0.2, -0.15) is 5.48 Å². The third-order valence-electron chi connectivity index (χ3n) is 5.22. The summed E-state index contributed by atoms with van der Waals surface area (Å²) >= 11 is 0. The zero-order valence-corrected chi connectivity index (χ0v) is 16.7. The first-order chi connectivity index (χ1) is 13.7. The first kappa shape index (κ1) is 21.3. The van der Waals surface area contributed by atoms with Crippen molar-refractivity contribution < 1.29 is 28.0 Å². The lowest BCUT2D eigenvalue weighted by atomic mass is 9.95. The highest BCUT2D eigenvalue weighted by Crippen LogP contribution is 2.31. The van der Waals surface area contributed by atoms with Crippen LogP contribution in [0.15, 0.2) is 47.9 Å². The lowest BCUT2D eigenvalue weighted by Crippen LogP contribution is -2.54. The highest BCUT2D eigenvalue weighted by atomic mass is 32.2. The van der Waals surface area contributed by atoms with Gasteiger partial charge in [-0.15, -0.1) is 0 Å². The van der Waals surface area contributed by atoms with Crippen LogP contribution in [0, 0.1) is 5.82 Å². The smallest absolute Gasteiger partial charge is 0.156 e. The molecule has 1 aromatic carbocycles. The predicted octanol–water partition coefficient (Wildman–Crippen LogP) is 1.87. The van der Waals surface area contributed by atoms with Crippen molar-refractivity contribution >= 4 is 15.5 Å². The van der Waals surface area contributed by atoms with E-state index in [4.69, 9.17) is 10.0 Å². The quantitative estimate of drug-likeness (QED) is 0.459. The van der Waals surface area contributed by atoms with Crippen LogP contribution >= 0.6 is 0 Å². The molecule has 8 nitrogen and oxygen atoms in total. The van der Waals surface area contributed by atoms with Gasteiger partial charge in [0.15, 0.2) is 9.84 Å². The second-order valence-corrected chi connectivity index (χ2v) is 9.70. The number of oxime groups is 1. The Morgan fingerprint density at radius 2 is 1.97 bits per heavy atom. The Balaban J connectivity index is 1.73. The molecule has 3 atom stereocenters. The highest BCUT2D eigenvalue weighted by molar-refractivity contribution is 7.92. The van der Waals surface area contributed by atoms with E-state index in [0.717, 1.165) is 18.0 Å². The molecule has 156 valence electrons. The Bertz CT molecular complexity index is 1010. The van der Waals surface area contributed by atoms with E-state index in [1.807, 2.05) is 0 Å². The van der Waals surface area contributed by atoms with Crippen LogP contribution in [0.3, 0.4) is 0 Å². The maximum absolute atomic E-state index is 13.9. The lowest BCUT2D eigenvalue weighted by molar-refractivity contribution is -0.0355. The summed E-state index contributed by atoms with van der Waals surface area (Å²) in [7, 11) is -3.73. The molecule has 0 bridgehead atoms. The Kier molecular flexibility index (Phi) is 5.99. The molecule has 0 fully saturated rings. The van der Waals surface area contributed by atoms with Gasteiger partial charge in [-0.3, -0.25) is 4.98 Å². The minimum atomic E-state index is -3.73. The van der Waals surface area contributed by atoms with Gasteiger partial charge in [0.25, 0.3) is 0 Å². The summed E-state index contributed by atoms with van der Waals surface area (Å²) < 4.78 is 36.5. The molecule has 0 amide bonds. The number of benzene rings is 1. The Labute approximate surface area is 167 Å². The number of sulfone groups is 1. The van der Waals surface area contributed by atoms with Gasteiger partial charge in [0, 0.05) is 30.9 Å². The molecule has 2 heterocycles. The van der Waals surface area contributed by atoms with Crippen molar-refractivity contribution in [3.8, 4) is 11.1 Å². The van der Waals surface area contributed by atoms with Crippen LogP contribution < -0.4 is 5.48 Å². The minimum absolute atomic E-state index is 0.0755. The molecule has 0 spiro atoms. The lowest BCUT2D eigenvalue weighted by Gasteiger charge is -2.32. The number of aliphatic hydroxyl groups excluding tert-OH is 1. The predicted molar refractivity (Wildman–Crippen MR) is 104 cm³/mol. The second kappa shape index (κ2) is 8.15. The molecule has 1 aromatic heterocycles. The van der Waals surface area contributed by atoms with Crippen LogP contribution in [0.4, 0.5) is 4.39 Å². The van der Waals surface area contributed by atoms with Gasteiger partial charge in [0.1, 0.15) is 22.9 Å². The summed E-state index contributed by atoms with van der Waals surface area (Å²) in [6.07, 6.45) is 1.63. The molecule has 3 N–H and O–H groups in total. The number of aliphatic hydroxyl groups is 1. The number of pyridine rings is 1. The molecule has 10 heteroatoms. The summed E-state index contributed by atoms with van der Waals surface area (Å²) in [6, 6.07) is 8.65. The zero-order chi connectivity index (χ0) is 21.2. The van der Waals surface area contributed by atoms with Crippen molar-refractivity contribution in [2.24, 2.45) is 5.16 Å². The molecule has 1 aliphatic heterocycles. The molecule has 0 radical (unpaired) electrons. The van der Waals surface area contributed by atoms with E-state index < -0.39 is 32.7 Å². The second-order valence-electron chi connectivity index (χ2n) is 7.22. The maximum Gasteiger partial charge on any atom is 0.156 e. The fourth-order valence-electron chi connectivity index (χ4n) is 3.21.